The van der Waals surface area contributed by atoms with Crippen LogP contribution in [0.15, 0.2) is 12.1 Å². The first kappa shape index (κ1) is 15.1. The maximum atomic E-state index is 12.5. The van der Waals surface area contributed by atoms with Crippen molar-refractivity contribution in [2.75, 3.05) is 24.1 Å². The summed E-state index contributed by atoms with van der Waals surface area (Å²) in [6, 6.07) is 1.61. The van der Waals surface area contributed by atoms with Gasteiger partial charge in [0.05, 0.1) is 5.56 Å². The second-order valence-electron chi connectivity index (χ2n) is 3.79. The lowest BCUT2D eigenvalue weighted by molar-refractivity contribution is -0.137. The van der Waals surface area contributed by atoms with Crippen LogP contribution < -0.4 is 16.4 Å². The fourth-order valence-corrected chi connectivity index (χ4v) is 1.40. The van der Waals surface area contributed by atoms with E-state index in [0.29, 0.717) is 6.54 Å². The normalized spacial score (nSPS) is 11.2. The number of halogens is 3. The summed E-state index contributed by atoms with van der Waals surface area (Å²) in [5.74, 6) is -0.415. The van der Waals surface area contributed by atoms with Crippen LogP contribution in [-0.4, -0.2) is 24.0 Å². The number of hydrogen-bond donors (Lipinski definition) is 3. The highest BCUT2D eigenvalue weighted by atomic mass is 19.4. The molecule has 106 valence electrons. The number of aromatic nitrogens is 1. The van der Waals surface area contributed by atoms with Gasteiger partial charge in [-0.25, -0.2) is 4.98 Å². The number of nitrogens with one attached hydrogen (secondary N) is 2. The highest BCUT2D eigenvalue weighted by Crippen LogP contribution is 2.31. The van der Waals surface area contributed by atoms with Crippen molar-refractivity contribution in [1.29, 1.82) is 0 Å². The molecule has 19 heavy (non-hydrogen) atoms. The Morgan fingerprint density at radius 2 is 2.11 bits per heavy atom. The third kappa shape index (κ3) is 5.02. The first-order valence-electron chi connectivity index (χ1n) is 5.68. The van der Waals surface area contributed by atoms with E-state index >= 15 is 0 Å². The number of rotatable bonds is 5. The van der Waals surface area contributed by atoms with Gasteiger partial charge in [0.1, 0.15) is 11.6 Å². The van der Waals surface area contributed by atoms with Gasteiger partial charge in [-0.2, -0.15) is 13.2 Å². The lowest BCUT2D eigenvalue weighted by atomic mass is 10.2. The average Bonchev–Trinajstić information content (AvgIpc) is 2.27. The van der Waals surface area contributed by atoms with Crippen LogP contribution in [0.4, 0.5) is 24.8 Å². The van der Waals surface area contributed by atoms with E-state index in [1.54, 1.807) is 6.92 Å². The van der Waals surface area contributed by atoms with Gasteiger partial charge >= 0.3 is 6.18 Å². The smallest absolute Gasteiger partial charge is 0.384 e. The van der Waals surface area contributed by atoms with Crippen molar-refractivity contribution in [3.8, 4) is 0 Å². The summed E-state index contributed by atoms with van der Waals surface area (Å²) in [5.41, 5.74) is 4.43. The molecule has 0 unspecified atom stereocenters. The standard InChI is InChI=1S/C11H15F3N4O/c1-2-16-10(19)3-4-17-9-6-7(11(12,13)14)5-8(15)18-9/h5-6H,2-4H2,1H3,(H,16,19)(H3,15,17,18). The fourth-order valence-electron chi connectivity index (χ4n) is 1.40. The van der Waals surface area contributed by atoms with Gasteiger partial charge in [-0.3, -0.25) is 4.79 Å². The highest BCUT2D eigenvalue weighted by molar-refractivity contribution is 5.76. The van der Waals surface area contributed by atoms with Crippen molar-refractivity contribution in [3.63, 3.8) is 0 Å². The van der Waals surface area contributed by atoms with E-state index in [9.17, 15) is 18.0 Å². The molecule has 0 radical (unpaired) electrons. The maximum absolute atomic E-state index is 12.5. The number of anilines is 2. The molecule has 5 nitrogen and oxygen atoms in total. The monoisotopic (exact) mass is 276 g/mol. The highest BCUT2D eigenvalue weighted by Gasteiger charge is 2.31. The van der Waals surface area contributed by atoms with E-state index < -0.39 is 11.7 Å². The van der Waals surface area contributed by atoms with Crippen molar-refractivity contribution in [3.05, 3.63) is 17.7 Å². The van der Waals surface area contributed by atoms with E-state index in [0.717, 1.165) is 12.1 Å². The van der Waals surface area contributed by atoms with Gasteiger partial charge in [0.25, 0.3) is 0 Å². The largest absolute Gasteiger partial charge is 0.416 e. The molecule has 0 bridgehead atoms. The Bertz CT molecular complexity index is 448. The van der Waals surface area contributed by atoms with E-state index in [1.165, 1.54) is 0 Å². The van der Waals surface area contributed by atoms with E-state index in [-0.39, 0.29) is 30.5 Å². The fraction of sp³-hybridized carbons (Fsp3) is 0.455. The molecule has 0 aliphatic rings. The zero-order chi connectivity index (χ0) is 14.5. The van der Waals surface area contributed by atoms with Gasteiger partial charge in [-0.15, -0.1) is 0 Å². The number of nitrogen functional groups attached to an aromatic ring is 1. The van der Waals surface area contributed by atoms with Crippen molar-refractivity contribution in [2.24, 2.45) is 0 Å². The van der Waals surface area contributed by atoms with Crippen LogP contribution in [0, 0.1) is 0 Å². The molecule has 0 aliphatic heterocycles. The summed E-state index contributed by atoms with van der Waals surface area (Å²) < 4.78 is 37.6. The van der Waals surface area contributed by atoms with Crippen LogP contribution in [0.5, 0.6) is 0 Å². The lowest BCUT2D eigenvalue weighted by Crippen LogP contribution is -2.25. The van der Waals surface area contributed by atoms with Gasteiger partial charge < -0.3 is 16.4 Å². The second kappa shape index (κ2) is 6.26. The van der Waals surface area contributed by atoms with Crippen molar-refractivity contribution in [2.45, 2.75) is 19.5 Å². The third-order valence-corrected chi connectivity index (χ3v) is 2.20. The molecule has 0 aromatic carbocycles. The third-order valence-electron chi connectivity index (χ3n) is 2.20. The number of amides is 1. The molecule has 0 saturated heterocycles. The predicted octanol–water partition coefficient (Wildman–Crippen LogP) is 1.62. The zero-order valence-corrected chi connectivity index (χ0v) is 10.3. The second-order valence-corrected chi connectivity index (χ2v) is 3.79. The quantitative estimate of drug-likeness (QED) is 0.763. The molecule has 1 heterocycles. The summed E-state index contributed by atoms with van der Waals surface area (Å²) in [4.78, 5) is 14.9. The molecule has 8 heteroatoms. The molecule has 1 rings (SSSR count). The summed E-state index contributed by atoms with van der Waals surface area (Å²) >= 11 is 0. The molecule has 0 saturated carbocycles. The van der Waals surface area contributed by atoms with Gasteiger partial charge in [0.15, 0.2) is 0 Å². The Morgan fingerprint density at radius 1 is 1.42 bits per heavy atom. The molecule has 1 aromatic rings. The van der Waals surface area contributed by atoms with E-state index in [1.807, 2.05) is 0 Å². The van der Waals surface area contributed by atoms with Gasteiger partial charge in [-0.05, 0) is 19.1 Å². The Kier molecular flexibility index (Phi) is 4.96. The average molecular weight is 276 g/mol. The van der Waals surface area contributed by atoms with E-state index in [4.69, 9.17) is 5.73 Å². The predicted molar refractivity (Wildman–Crippen MR) is 65.4 cm³/mol. The number of carbonyl (C=O) groups is 1. The zero-order valence-electron chi connectivity index (χ0n) is 10.3. The van der Waals surface area contributed by atoms with Crippen LogP contribution in [0.25, 0.3) is 0 Å². The molecule has 0 aliphatic carbocycles. The first-order chi connectivity index (χ1) is 8.82. The molecular formula is C11H15F3N4O. The number of hydrogen-bond acceptors (Lipinski definition) is 4. The van der Waals surface area contributed by atoms with E-state index in [2.05, 4.69) is 15.6 Å². The molecular weight excluding hydrogens is 261 g/mol. The lowest BCUT2D eigenvalue weighted by Gasteiger charge is -2.11. The Morgan fingerprint density at radius 3 is 2.68 bits per heavy atom. The van der Waals surface area contributed by atoms with Crippen molar-refractivity contribution < 1.29 is 18.0 Å². The molecule has 0 atom stereocenters. The molecule has 0 spiro atoms. The van der Waals surface area contributed by atoms with Crippen LogP contribution in [-0.2, 0) is 11.0 Å². The summed E-state index contributed by atoms with van der Waals surface area (Å²) in [6.45, 7) is 2.47. The molecule has 0 fully saturated rings. The minimum Gasteiger partial charge on any atom is -0.384 e. The SMILES string of the molecule is CCNC(=O)CCNc1cc(C(F)(F)F)cc(N)n1. The van der Waals surface area contributed by atoms with Crippen molar-refractivity contribution >= 4 is 17.5 Å². The number of carbonyl (C=O) groups excluding carboxylic acids is 1. The number of nitrogens with zero attached hydrogens (tertiary/aromatic N) is 1. The summed E-state index contributed by atoms with van der Waals surface area (Å²) in [6.07, 6.45) is -4.33. The van der Waals surface area contributed by atoms with Crippen LogP contribution in [0.2, 0.25) is 0 Å². The minimum absolute atomic E-state index is 0.00313. The number of pyridine rings is 1. The van der Waals surface area contributed by atoms with Crippen molar-refractivity contribution in [1.82, 2.24) is 10.3 Å². The summed E-state index contributed by atoms with van der Waals surface area (Å²) in [7, 11) is 0. The molecule has 1 amide bonds. The number of nitrogens with two attached hydrogens (primary N) is 1. The first-order valence-corrected chi connectivity index (χ1v) is 5.68. The van der Waals surface area contributed by atoms with Gasteiger partial charge in [0.2, 0.25) is 5.91 Å². The van der Waals surface area contributed by atoms with Gasteiger partial charge in [0, 0.05) is 19.5 Å². The number of alkyl halides is 3. The van der Waals surface area contributed by atoms with Gasteiger partial charge in [-0.1, -0.05) is 0 Å². The Labute approximate surface area is 108 Å². The minimum atomic E-state index is -4.48. The maximum Gasteiger partial charge on any atom is 0.416 e. The van der Waals surface area contributed by atoms with Crippen LogP contribution in [0.3, 0.4) is 0 Å². The molecule has 1 aromatic heterocycles. The topological polar surface area (TPSA) is 80.0 Å². The van der Waals surface area contributed by atoms with Crippen LogP contribution in [0.1, 0.15) is 18.9 Å². The molecule has 4 N–H and O–H groups in total. The Hall–Kier alpha value is -1.99. The summed E-state index contributed by atoms with van der Waals surface area (Å²) in [5, 5.41) is 5.21. The Balaban J connectivity index is 2.64. The van der Waals surface area contributed by atoms with Crippen LogP contribution >= 0.6 is 0 Å².